The molecule has 0 bridgehead atoms. The lowest BCUT2D eigenvalue weighted by Crippen LogP contribution is -2.10. The molecule has 0 aliphatic rings. The lowest BCUT2D eigenvalue weighted by atomic mass is 10.3. The van der Waals surface area contributed by atoms with Crippen LogP contribution in [-0.2, 0) is 0 Å². The van der Waals surface area contributed by atoms with E-state index in [9.17, 15) is 0 Å². The summed E-state index contributed by atoms with van der Waals surface area (Å²) in [4.78, 5) is 8.59. The molecule has 2 aromatic rings. The molecule has 0 spiro atoms. The second-order valence-electron chi connectivity index (χ2n) is 3.26. The van der Waals surface area contributed by atoms with Crippen molar-refractivity contribution in [1.29, 1.82) is 0 Å². The van der Waals surface area contributed by atoms with E-state index in [1.165, 1.54) is 0 Å². The van der Waals surface area contributed by atoms with Gasteiger partial charge in [-0.15, -0.1) is 0 Å². The van der Waals surface area contributed by atoms with E-state index >= 15 is 0 Å². The van der Waals surface area contributed by atoms with Gasteiger partial charge in [0.1, 0.15) is 0 Å². The van der Waals surface area contributed by atoms with Gasteiger partial charge >= 0.3 is 0 Å². The van der Waals surface area contributed by atoms with Crippen LogP contribution in [0, 0.1) is 0 Å². The van der Waals surface area contributed by atoms with E-state index in [2.05, 4.69) is 9.97 Å². The number of nitrogens with zero attached hydrogens (tertiary/aromatic N) is 2. The Bertz CT molecular complexity index is 419. The van der Waals surface area contributed by atoms with Crippen LogP contribution in [0.3, 0.4) is 0 Å². The molecule has 0 aliphatic heterocycles. The van der Waals surface area contributed by atoms with Crippen molar-refractivity contribution in [1.82, 2.24) is 9.97 Å². The summed E-state index contributed by atoms with van der Waals surface area (Å²) >= 11 is 1.64. The SMILES string of the molecule is NCC(Sc1ccccn1)c1ccccn1. The number of pyridine rings is 2. The molecule has 2 aromatic heterocycles. The highest BCUT2D eigenvalue weighted by Crippen LogP contribution is 2.31. The first-order valence-electron chi connectivity index (χ1n) is 5.09. The fourth-order valence-electron chi connectivity index (χ4n) is 1.36. The molecule has 2 rings (SSSR count). The summed E-state index contributed by atoms with van der Waals surface area (Å²) in [5.41, 5.74) is 6.76. The standard InChI is InChI=1S/C12H13N3S/c13-9-11(10-5-1-3-7-14-10)16-12-6-2-4-8-15-12/h1-8,11H,9,13H2. The van der Waals surface area contributed by atoms with Gasteiger partial charge in [-0.3, -0.25) is 4.98 Å². The van der Waals surface area contributed by atoms with Crippen molar-refractivity contribution in [3.05, 3.63) is 54.5 Å². The maximum atomic E-state index is 5.76. The maximum absolute atomic E-state index is 5.76. The molecular formula is C12H13N3S. The lowest BCUT2D eigenvalue weighted by molar-refractivity contribution is 0.894. The average Bonchev–Trinajstić information content (AvgIpc) is 2.38. The highest BCUT2D eigenvalue weighted by Gasteiger charge is 2.12. The molecule has 1 unspecified atom stereocenters. The number of thioether (sulfide) groups is 1. The third-order valence-corrected chi connectivity index (χ3v) is 3.33. The van der Waals surface area contributed by atoms with Gasteiger partial charge in [0.15, 0.2) is 0 Å². The van der Waals surface area contributed by atoms with Gasteiger partial charge in [-0.25, -0.2) is 4.98 Å². The number of hydrogen-bond donors (Lipinski definition) is 1. The Balaban J connectivity index is 2.13. The summed E-state index contributed by atoms with van der Waals surface area (Å²) in [6.45, 7) is 0.554. The van der Waals surface area contributed by atoms with Crippen molar-refractivity contribution >= 4 is 11.8 Å². The normalized spacial score (nSPS) is 12.3. The van der Waals surface area contributed by atoms with Crippen LogP contribution in [0.5, 0.6) is 0 Å². The van der Waals surface area contributed by atoms with Crippen LogP contribution in [0.2, 0.25) is 0 Å². The largest absolute Gasteiger partial charge is 0.329 e. The van der Waals surface area contributed by atoms with Gasteiger partial charge < -0.3 is 5.73 Å². The minimum atomic E-state index is 0.163. The Labute approximate surface area is 99.1 Å². The van der Waals surface area contributed by atoms with Gasteiger partial charge in [0.05, 0.1) is 16.0 Å². The van der Waals surface area contributed by atoms with Crippen LogP contribution in [0.15, 0.2) is 53.8 Å². The minimum absolute atomic E-state index is 0.163. The third-order valence-electron chi connectivity index (χ3n) is 2.13. The number of hydrogen-bond acceptors (Lipinski definition) is 4. The van der Waals surface area contributed by atoms with Crippen molar-refractivity contribution in [2.24, 2.45) is 5.73 Å². The van der Waals surface area contributed by atoms with Gasteiger partial charge in [0, 0.05) is 18.9 Å². The second kappa shape index (κ2) is 5.63. The summed E-state index contributed by atoms with van der Waals surface area (Å²) in [5.74, 6) is 0. The van der Waals surface area contributed by atoms with Crippen molar-refractivity contribution in [3.63, 3.8) is 0 Å². The van der Waals surface area contributed by atoms with Crippen molar-refractivity contribution in [3.8, 4) is 0 Å². The van der Waals surface area contributed by atoms with E-state index in [0.29, 0.717) is 6.54 Å². The van der Waals surface area contributed by atoms with Gasteiger partial charge in [-0.05, 0) is 24.3 Å². The molecule has 0 saturated carbocycles. The van der Waals surface area contributed by atoms with Gasteiger partial charge in [0.2, 0.25) is 0 Å². The van der Waals surface area contributed by atoms with Crippen LogP contribution < -0.4 is 5.73 Å². The van der Waals surface area contributed by atoms with Crippen LogP contribution in [0.25, 0.3) is 0 Å². The zero-order chi connectivity index (χ0) is 11.2. The number of aromatic nitrogens is 2. The summed E-state index contributed by atoms with van der Waals surface area (Å²) in [6, 6.07) is 11.7. The zero-order valence-electron chi connectivity index (χ0n) is 8.78. The van der Waals surface area contributed by atoms with E-state index in [1.54, 1.807) is 24.2 Å². The molecule has 0 radical (unpaired) electrons. The number of nitrogens with two attached hydrogens (primary N) is 1. The topological polar surface area (TPSA) is 51.8 Å². The molecule has 0 aromatic carbocycles. The molecule has 1 atom stereocenters. The van der Waals surface area contributed by atoms with Crippen molar-refractivity contribution in [2.45, 2.75) is 10.3 Å². The fraction of sp³-hybridized carbons (Fsp3) is 0.167. The molecule has 2 heterocycles. The van der Waals surface area contributed by atoms with Crippen molar-refractivity contribution < 1.29 is 0 Å². The van der Waals surface area contributed by atoms with Crippen LogP contribution in [0.4, 0.5) is 0 Å². The Morgan fingerprint density at radius 2 is 1.81 bits per heavy atom. The zero-order valence-corrected chi connectivity index (χ0v) is 9.60. The van der Waals surface area contributed by atoms with Crippen LogP contribution >= 0.6 is 11.8 Å². The Morgan fingerprint density at radius 3 is 2.38 bits per heavy atom. The van der Waals surface area contributed by atoms with Crippen LogP contribution in [0.1, 0.15) is 10.9 Å². The predicted octanol–water partition coefficient (Wildman–Crippen LogP) is 2.27. The Morgan fingerprint density at radius 1 is 1.06 bits per heavy atom. The minimum Gasteiger partial charge on any atom is -0.329 e. The molecule has 0 saturated heterocycles. The summed E-state index contributed by atoms with van der Waals surface area (Å²) in [5, 5.41) is 1.14. The quantitative estimate of drug-likeness (QED) is 0.820. The molecular weight excluding hydrogens is 218 g/mol. The first kappa shape index (κ1) is 11.1. The molecule has 4 heteroatoms. The van der Waals surface area contributed by atoms with E-state index < -0.39 is 0 Å². The highest BCUT2D eigenvalue weighted by atomic mass is 32.2. The molecule has 0 amide bonds. The van der Waals surface area contributed by atoms with E-state index in [1.807, 2.05) is 36.4 Å². The van der Waals surface area contributed by atoms with Gasteiger partial charge in [-0.2, -0.15) is 0 Å². The maximum Gasteiger partial charge on any atom is 0.0966 e. The molecule has 0 fully saturated rings. The van der Waals surface area contributed by atoms with E-state index in [0.717, 1.165) is 10.7 Å². The average molecular weight is 231 g/mol. The summed E-state index contributed by atoms with van der Waals surface area (Å²) in [7, 11) is 0. The predicted molar refractivity (Wildman–Crippen MR) is 66.1 cm³/mol. The van der Waals surface area contributed by atoms with Gasteiger partial charge in [-0.1, -0.05) is 23.9 Å². The smallest absolute Gasteiger partial charge is 0.0966 e. The monoisotopic (exact) mass is 231 g/mol. The Kier molecular flexibility index (Phi) is 3.91. The molecule has 2 N–H and O–H groups in total. The van der Waals surface area contributed by atoms with Crippen molar-refractivity contribution in [2.75, 3.05) is 6.54 Å². The summed E-state index contributed by atoms with van der Waals surface area (Å²) < 4.78 is 0. The molecule has 0 aliphatic carbocycles. The number of rotatable bonds is 4. The molecule has 16 heavy (non-hydrogen) atoms. The Hall–Kier alpha value is -1.39. The fourth-order valence-corrected chi connectivity index (χ4v) is 2.28. The first-order valence-corrected chi connectivity index (χ1v) is 5.97. The second-order valence-corrected chi connectivity index (χ2v) is 4.49. The first-order chi connectivity index (χ1) is 7.90. The third kappa shape index (κ3) is 2.81. The van der Waals surface area contributed by atoms with Gasteiger partial charge in [0.25, 0.3) is 0 Å². The highest BCUT2D eigenvalue weighted by molar-refractivity contribution is 7.99. The van der Waals surface area contributed by atoms with E-state index in [4.69, 9.17) is 5.73 Å². The van der Waals surface area contributed by atoms with Crippen LogP contribution in [-0.4, -0.2) is 16.5 Å². The lowest BCUT2D eigenvalue weighted by Gasteiger charge is -2.12. The van der Waals surface area contributed by atoms with E-state index in [-0.39, 0.29) is 5.25 Å². The summed E-state index contributed by atoms with van der Waals surface area (Å²) in [6.07, 6.45) is 3.57. The molecule has 82 valence electrons. The molecule has 3 nitrogen and oxygen atoms in total.